The molecule has 7 heteroatoms. The zero-order chi connectivity index (χ0) is 28.0. The maximum Gasteiger partial charge on any atom is 0.211 e. The fourth-order valence-corrected chi connectivity index (χ4v) is 2.90. The molecule has 0 atom stereocenters. The monoisotopic (exact) mass is 387 g/mol. The van der Waals surface area contributed by atoms with Crippen LogP contribution in [-0.4, -0.2) is 41.8 Å². The second-order valence-corrected chi connectivity index (χ2v) is 5.76. The number of nitrogens with zero attached hydrogens (tertiary/aromatic N) is 1. The van der Waals surface area contributed by atoms with Gasteiger partial charge in [0.05, 0.1) is 41.0 Å². The van der Waals surface area contributed by atoms with Crippen molar-refractivity contribution in [1.82, 2.24) is 15.0 Å². The van der Waals surface area contributed by atoms with Gasteiger partial charge in [0.15, 0.2) is 11.5 Å². The zero-order valence-electron chi connectivity index (χ0n) is 24.1. The van der Waals surface area contributed by atoms with Crippen LogP contribution in [0.15, 0.2) is 48.8 Å². The van der Waals surface area contributed by atoms with Crippen LogP contribution in [0.5, 0.6) is 17.2 Å². The van der Waals surface area contributed by atoms with Crippen molar-refractivity contribution in [3.05, 3.63) is 60.0 Å². The van der Waals surface area contributed by atoms with E-state index in [1.54, 1.807) is 24.4 Å². The summed E-state index contributed by atoms with van der Waals surface area (Å²) in [5.74, 6) is -2.77. The number of hydrogen-bond acceptors (Lipinski definition) is 5. The Bertz CT molecular complexity index is 1460. The van der Waals surface area contributed by atoms with Crippen molar-refractivity contribution in [1.29, 1.82) is 0 Å². The van der Waals surface area contributed by atoms with E-state index in [4.69, 9.17) is 27.9 Å². The summed E-state index contributed by atoms with van der Waals surface area (Å²) in [6, 6.07) is 7.05. The number of imidazole rings is 1. The maximum absolute atomic E-state index is 13.3. The van der Waals surface area contributed by atoms with Crippen LogP contribution in [0.2, 0.25) is 0 Å². The molecule has 0 bridgehead atoms. The van der Waals surface area contributed by atoms with Gasteiger partial charge in [-0.1, -0.05) is 18.2 Å². The summed E-state index contributed by atoms with van der Waals surface area (Å²) in [6.07, 6.45) is 2.86. The number of hydrogen-bond donors (Lipinski definition) is 2. The Morgan fingerprint density at radius 2 is 1.93 bits per heavy atom. The second kappa shape index (κ2) is 7.11. The zero-order valence-corrected chi connectivity index (χ0v) is 14.1. The SMILES string of the molecule is [2H]c1ccc2c(-c3ncc(C(=O)c4cc(OC([2H])([2H])[2H])c(OC([2H])([2H])[2H])c(OC([2H])([2H])[2H])c4)[nH]3)c[nH]c2c1. The van der Waals surface area contributed by atoms with Crippen LogP contribution in [0.4, 0.5) is 0 Å². The molecule has 0 aliphatic carbocycles. The van der Waals surface area contributed by atoms with Crippen molar-refractivity contribution < 1.29 is 32.7 Å². The number of aromatic amines is 2. The molecule has 2 heterocycles. The minimum Gasteiger partial charge on any atom is -0.493 e. The number of nitrogens with one attached hydrogen (secondary N) is 2. The van der Waals surface area contributed by atoms with E-state index >= 15 is 0 Å². The molecule has 28 heavy (non-hydrogen) atoms. The van der Waals surface area contributed by atoms with Crippen LogP contribution in [0.1, 0.15) is 29.8 Å². The Morgan fingerprint density at radius 1 is 1.14 bits per heavy atom. The average Bonchev–Trinajstić information content (AvgIpc) is 3.39. The summed E-state index contributed by atoms with van der Waals surface area (Å²) in [4.78, 5) is 23.4. The van der Waals surface area contributed by atoms with Gasteiger partial charge >= 0.3 is 0 Å². The quantitative estimate of drug-likeness (QED) is 0.491. The summed E-state index contributed by atoms with van der Waals surface area (Å²) < 4.78 is 88.7. The summed E-state index contributed by atoms with van der Waals surface area (Å²) in [5.41, 5.74) is 0.933. The van der Waals surface area contributed by atoms with E-state index in [1.165, 1.54) is 6.20 Å². The predicted molar refractivity (Wildman–Crippen MR) is 105 cm³/mol. The summed E-state index contributed by atoms with van der Waals surface area (Å²) >= 11 is 0. The second-order valence-electron chi connectivity index (χ2n) is 5.76. The van der Waals surface area contributed by atoms with E-state index < -0.39 is 44.1 Å². The van der Waals surface area contributed by atoms with Gasteiger partial charge in [0.2, 0.25) is 11.5 Å². The largest absolute Gasteiger partial charge is 0.493 e. The Hall–Kier alpha value is -3.74. The lowest BCUT2D eigenvalue weighted by molar-refractivity contribution is 0.103. The van der Waals surface area contributed by atoms with Gasteiger partial charge in [0, 0.05) is 28.2 Å². The maximum atomic E-state index is 13.3. The normalized spacial score (nSPS) is 17.4. The third-order valence-electron chi connectivity index (χ3n) is 4.21. The Balaban J connectivity index is 1.79. The number of benzene rings is 2. The van der Waals surface area contributed by atoms with Crippen LogP contribution in [-0.2, 0) is 0 Å². The van der Waals surface area contributed by atoms with Gasteiger partial charge < -0.3 is 24.2 Å². The van der Waals surface area contributed by atoms with Crippen molar-refractivity contribution in [2.24, 2.45) is 0 Å². The predicted octanol–water partition coefficient (Wildman–Crippen LogP) is 3.81. The van der Waals surface area contributed by atoms with Crippen molar-refractivity contribution in [3.63, 3.8) is 0 Å². The van der Waals surface area contributed by atoms with Gasteiger partial charge in [-0.2, -0.15) is 0 Å². The van der Waals surface area contributed by atoms with E-state index in [-0.39, 0.29) is 11.3 Å². The molecular weight excluding hydrogens is 358 g/mol. The van der Waals surface area contributed by atoms with E-state index in [9.17, 15) is 4.79 Å². The van der Waals surface area contributed by atoms with Crippen molar-refractivity contribution in [2.75, 3.05) is 21.1 Å². The van der Waals surface area contributed by atoms with Crippen LogP contribution < -0.4 is 14.2 Å². The Morgan fingerprint density at radius 3 is 2.68 bits per heavy atom. The molecule has 7 nitrogen and oxygen atoms in total. The van der Waals surface area contributed by atoms with Crippen LogP contribution in [0.3, 0.4) is 0 Å². The summed E-state index contributed by atoms with van der Waals surface area (Å²) in [7, 11) is -9.36. The smallest absolute Gasteiger partial charge is 0.211 e. The molecule has 2 aromatic heterocycles. The number of H-pyrrole nitrogens is 2. The van der Waals surface area contributed by atoms with Crippen LogP contribution in [0.25, 0.3) is 22.3 Å². The van der Waals surface area contributed by atoms with Crippen molar-refractivity contribution in [2.45, 2.75) is 0 Å². The molecular formula is C21H19N3O4. The first kappa shape index (κ1) is 9.45. The number of para-hydroxylation sites is 1. The molecule has 2 aromatic carbocycles. The third-order valence-corrected chi connectivity index (χ3v) is 4.21. The highest BCUT2D eigenvalue weighted by molar-refractivity contribution is 6.09. The lowest BCUT2D eigenvalue weighted by Crippen LogP contribution is -2.04. The first-order valence-electron chi connectivity index (χ1n) is 12.9. The number of aromatic nitrogens is 3. The Kier molecular flexibility index (Phi) is 2.40. The molecule has 142 valence electrons. The molecule has 0 spiro atoms. The van der Waals surface area contributed by atoms with Gasteiger partial charge in [-0.15, -0.1) is 0 Å². The molecule has 0 fully saturated rings. The number of carbonyl (C=O) groups excluding carboxylic acids is 1. The van der Waals surface area contributed by atoms with E-state index in [1.807, 2.05) is 0 Å². The van der Waals surface area contributed by atoms with E-state index in [0.717, 1.165) is 17.5 Å². The minimum atomic E-state index is -3.14. The molecule has 0 radical (unpaired) electrons. The van der Waals surface area contributed by atoms with Crippen molar-refractivity contribution in [3.8, 4) is 28.6 Å². The number of carbonyl (C=O) groups is 1. The molecule has 0 amide bonds. The van der Waals surface area contributed by atoms with Crippen molar-refractivity contribution >= 4 is 16.7 Å². The van der Waals surface area contributed by atoms with Gasteiger partial charge in [-0.3, -0.25) is 4.79 Å². The first-order chi connectivity index (χ1) is 17.5. The lowest BCUT2D eigenvalue weighted by Gasteiger charge is -2.13. The molecule has 0 unspecified atom stereocenters. The minimum absolute atomic E-state index is 0.0596. The average molecular weight is 387 g/mol. The van der Waals surface area contributed by atoms with Crippen LogP contribution in [0, 0.1) is 0 Å². The summed E-state index contributed by atoms with van der Waals surface area (Å²) in [6.45, 7) is 0. The highest BCUT2D eigenvalue weighted by Gasteiger charge is 2.20. The number of methoxy groups -OCH3 is 3. The number of ketones is 1. The molecule has 0 aliphatic heterocycles. The van der Waals surface area contributed by atoms with Gasteiger partial charge in [-0.05, 0) is 18.2 Å². The molecule has 2 N–H and O–H groups in total. The van der Waals surface area contributed by atoms with E-state index in [0.29, 0.717) is 22.9 Å². The summed E-state index contributed by atoms with van der Waals surface area (Å²) in [5, 5.41) is 0.738. The third kappa shape index (κ3) is 2.87. The topological polar surface area (TPSA) is 89.2 Å². The molecule has 0 aliphatic rings. The Labute approximate surface area is 175 Å². The highest BCUT2D eigenvalue weighted by Crippen LogP contribution is 2.38. The lowest BCUT2D eigenvalue weighted by atomic mass is 10.1. The molecule has 0 saturated carbocycles. The van der Waals surface area contributed by atoms with E-state index in [2.05, 4.69) is 15.0 Å². The molecule has 4 rings (SSSR count). The molecule has 4 aromatic rings. The van der Waals surface area contributed by atoms with Crippen LogP contribution >= 0.6 is 0 Å². The standard InChI is InChI=1S/C21H19N3O4/c1-26-17-8-12(9-18(27-2)20(17)28-3)19(25)16-11-23-21(24-16)14-10-22-15-7-5-4-6-13(14)15/h4-11,22H,1-3H3,(H,23,24)/i1D3,2D3,3D3,5D. The highest BCUT2D eigenvalue weighted by atomic mass is 16.5. The number of rotatable bonds is 6. The number of ether oxygens (including phenoxy) is 3. The van der Waals surface area contributed by atoms with Gasteiger partial charge in [0.25, 0.3) is 0 Å². The van der Waals surface area contributed by atoms with Gasteiger partial charge in [0.1, 0.15) is 11.5 Å². The first-order valence-corrected chi connectivity index (χ1v) is 7.92. The fraction of sp³-hybridized carbons (Fsp3) is 0.143. The van der Waals surface area contributed by atoms with Gasteiger partial charge in [-0.25, -0.2) is 4.98 Å². The number of fused-ring (bicyclic) bond motifs is 1. The molecule has 0 saturated heterocycles. The fourth-order valence-electron chi connectivity index (χ4n) is 2.90.